The molecule has 1 unspecified atom stereocenters. The third kappa shape index (κ3) is 3.42. The summed E-state index contributed by atoms with van der Waals surface area (Å²) >= 11 is 1.57. The summed E-state index contributed by atoms with van der Waals surface area (Å²) in [6.45, 7) is 2.33. The summed E-state index contributed by atoms with van der Waals surface area (Å²) in [5, 5.41) is -0.125. The van der Waals surface area contributed by atoms with Crippen LogP contribution in [0.15, 0.2) is 28.7 Å². The van der Waals surface area contributed by atoms with Crippen LogP contribution in [0.2, 0.25) is 0 Å². The SMILES string of the molecule is COc1cc(CN2C(=O)CSC2c2ccc(C)o2)cc(OC)c1OC. The van der Waals surface area contributed by atoms with E-state index >= 15 is 0 Å². The smallest absolute Gasteiger partial charge is 0.234 e. The van der Waals surface area contributed by atoms with Crippen LogP contribution in [0.25, 0.3) is 0 Å². The average Bonchev–Trinajstić information content (AvgIpc) is 3.20. The van der Waals surface area contributed by atoms with Crippen molar-refractivity contribution < 1.29 is 23.4 Å². The van der Waals surface area contributed by atoms with E-state index in [1.165, 1.54) is 0 Å². The number of aryl methyl sites for hydroxylation is 1. The number of nitrogens with zero attached hydrogens (tertiary/aromatic N) is 1. The minimum atomic E-state index is -0.125. The van der Waals surface area contributed by atoms with Crippen molar-refractivity contribution in [3.63, 3.8) is 0 Å². The monoisotopic (exact) mass is 363 g/mol. The fourth-order valence-electron chi connectivity index (χ4n) is 2.87. The molecule has 6 nitrogen and oxygen atoms in total. The molecule has 25 heavy (non-hydrogen) atoms. The maximum absolute atomic E-state index is 12.4. The molecule has 2 heterocycles. The summed E-state index contributed by atoms with van der Waals surface area (Å²) in [4.78, 5) is 14.2. The molecule has 1 amide bonds. The molecule has 0 bridgehead atoms. The van der Waals surface area contributed by atoms with E-state index in [9.17, 15) is 4.79 Å². The van der Waals surface area contributed by atoms with Crippen molar-refractivity contribution in [2.45, 2.75) is 18.8 Å². The molecule has 7 heteroatoms. The van der Waals surface area contributed by atoms with E-state index in [2.05, 4.69) is 0 Å². The molecule has 1 aliphatic rings. The Morgan fingerprint density at radius 2 is 1.84 bits per heavy atom. The third-order valence-electron chi connectivity index (χ3n) is 4.05. The first-order valence-electron chi connectivity index (χ1n) is 7.83. The second-order valence-corrected chi connectivity index (χ2v) is 6.74. The predicted molar refractivity (Wildman–Crippen MR) is 95.3 cm³/mol. The van der Waals surface area contributed by atoms with Gasteiger partial charge in [0.15, 0.2) is 11.5 Å². The highest BCUT2D eigenvalue weighted by Gasteiger charge is 2.35. The third-order valence-corrected chi connectivity index (χ3v) is 5.27. The van der Waals surface area contributed by atoms with Gasteiger partial charge in [0, 0.05) is 6.54 Å². The fourth-order valence-corrected chi connectivity index (χ4v) is 4.00. The normalized spacial score (nSPS) is 17.0. The first-order chi connectivity index (χ1) is 12.1. The number of carbonyl (C=O) groups is 1. The maximum atomic E-state index is 12.4. The van der Waals surface area contributed by atoms with Crippen molar-refractivity contribution >= 4 is 17.7 Å². The van der Waals surface area contributed by atoms with Gasteiger partial charge >= 0.3 is 0 Å². The molecule has 1 aliphatic heterocycles. The van der Waals surface area contributed by atoms with E-state index in [-0.39, 0.29) is 11.3 Å². The van der Waals surface area contributed by atoms with Crippen LogP contribution < -0.4 is 14.2 Å². The van der Waals surface area contributed by atoms with Gasteiger partial charge in [-0.3, -0.25) is 4.79 Å². The van der Waals surface area contributed by atoms with Gasteiger partial charge in [-0.15, -0.1) is 11.8 Å². The first kappa shape index (κ1) is 17.5. The molecule has 0 aliphatic carbocycles. The number of hydrogen-bond acceptors (Lipinski definition) is 6. The lowest BCUT2D eigenvalue weighted by molar-refractivity contribution is -0.128. The minimum Gasteiger partial charge on any atom is -0.493 e. The summed E-state index contributed by atoms with van der Waals surface area (Å²) < 4.78 is 21.9. The summed E-state index contributed by atoms with van der Waals surface area (Å²) in [5.74, 6) is 3.83. The second-order valence-electron chi connectivity index (χ2n) is 5.67. The standard InChI is InChI=1S/C18H21NO5S/c1-11-5-6-13(24-11)18-19(16(20)10-25-18)9-12-7-14(21-2)17(23-4)15(8-12)22-3/h5-8,18H,9-10H2,1-4H3. The Morgan fingerprint density at radius 1 is 1.16 bits per heavy atom. The summed E-state index contributed by atoms with van der Waals surface area (Å²) in [7, 11) is 4.72. The number of furan rings is 1. The topological polar surface area (TPSA) is 61.1 Å². The number of hydrogen-bond donors (Lipinski definition) is 0. The van der Waals surface area contributed by atoms with Crippen LogP contribution in [0.3, 0.4) is 0 Å². The molecular weight excluding hydrogens is 342 g/mol. The lowest BCUT2D eigenvalue weighted by Crippen LogP contribution is -2.27. The van der Waals surface area contributed by atoms with E-state index in [1.54, 1.807) is 33.1 Å². The van der Waals surface area contributed by atoms with Gasteiger partial charge in [0.05, 0.1) is 27.1 Å². The zero-order valence-corrected chi connectivity index (χ0v) is 15.5. The number of thioether (sulfide) groups is 1. The Kier molecular flexibility index (Phi) is 5.13. The minimum absolute atomic E-state index is 0.0813. The molecule has 0 N–H and O–H groups in total. The molecule has 1 atom stereocenters. The maximum Gasteiger partial charge on any atom is 0.234 e. The molecule has 0 radical (unpaired) electrons. The molecule has 2 aromatic rings. The lowest BCUT2D eigenvalue weighted by atomic mass is 10.1. The Morgan fingerprint density at radius 3 is 2.36 bits per heavy atom. The predicted octanol–water partition coefficient (Wildman–Crippen LogP) is 3.39. The summed E-state index contributed by atoms with van der Waals surface area (Å²) in [6.07, 6.45) is 0. The number of methoxy groups -OCH3 is 3. The first-order valence-corrected chi connectivity index (χ1v) is 8.88. The van der Waals surface area contributed by atoms with Crippen molar-refractivity contribution in [3.05, 3.63) is 41.3 Å². The number of amides is 1. The van der Waals surface area contributed by atoms with Gasteiger partial charge in [-0.1, -0.05) is 0 Å². The van der Waals surface area contributed by atoms with Crippen LogP contribution >= 0.6 is 11.8 Å². The van der Waals surface area contributed by atoms with Crippen LogP contribution in [-0.2, 0) is 11.3 Å². The van der Waals surface area contributed by atoms with Gasteiger partial charge in [0.25, 0.3) is 0 Å². The quantitative estimate of drug-likeness (QED) is 0.784. The van der Waals surface area contributed by atoms with Crippen LogP contribution in [0, 0.1) is 6.92 Å². The van der Waals surface area contributed by atoms with Crippen molar-refractivity contribution in [2.24, 2.45) is 0 Å². The number of carbonyl (C=O) groups excluding carboxylic acids is 1. The molecule has 134 valence electrons. The van der Waals surface area contributed by atoms with Crippen molar-refractivity contribution in [1.82, 2.24) is 4.90 Å². The van der Waals surface area contributed by atoms with E-state index in [1.807, 2.05) is 36.1 Å². The molecule has 1 saturated heterocycles. The Bertz CT molecular complexity index is 748. The van der Waals surface area contributed by atoms with Gasteiger partial charge < -0.3 is 23.5 Å². The van der Waals surface area contributed by atoms with Gasteiger partial charge in [-0.2, -0.15) is 0 Å². The van der Waals surface area contributed by atoms with Crippen LogP contribution in [0.5, 0.6) is 17.2 Å². The highest BCUT2D eigenvalue weighted by molar-refractivity contribution is 8.00. The highest BCUT2D eigenvalue weighted by atomic mass is 32.2. The molecule has 0 saturated carbocycles. The van der Waals surface area contributed by atoms with Crippen LogP contribution in [0.1, 0.15) is 22.5 Å². The molecular formula is C18H21NO5S. The van der Waals surface area contributed by atoms with Gasteiger partial charge in [-0.25, -0.2) is 0 Å². The fraction of sp³-hybridized carbons (Fsp3) is 0.389. The van der Waals surface area contributed by atoms with E-state index in [0.717, 1.165) is 17.1 Å². The molecule has 1 fully saturated rings. The molecule has 1 aromatic carbocycles. The van der Waals surface area contributed by atoms with Gasteiger partial charge in [-0.05, 0) is 36.8 Å². The number of ether oxygens (including phenoxy) is 3. The second kappa shape index (κ2) is 7.31. The Labute approximate surface area is 151 Å². The highest BCUT2D eigenvalue weighted by Crippen LogP contribution is 2.42. The average molecular weight is 363 g/mol. The summed E-state index contributed by atoms with van der Waals surface area (Å²) in [6, 6.07) is 7.56. The number of rotatable bonds is 6. The Hall–Kier alpha value is -2.28. The van der Waals surface area contributed by atoms with Crippen molar-refractivity contribution in [2.75, 3.05) is 27.1 Å². The van der Waals surface area contributed by atoms with E-state index in [0.29, 0.717) is 29.5 Å². The zero-order valence-electron chi connectivity index (χ0n) is 14.7. The van der Waals surface area contributed by atoms with Gasteiger partial charge in [0.1, 0.15) is 16.9 Å². The van der Waals surface area contributed by atoms with Crippen LogP contribution in [0.4, 0.5) is 0 Å². The number of benzene rings is 1. The largest absolute Gasteiger partial charge is 0.493 e. The molecule has 3 rings (SSSR count). The van der Waals surface area contributed by atoms with Gasteiger partial charge in [0.2, 0.25) is 11.7 Å². The van der Waals surface area contributed by atoms with Crippen molar-refractivity contribution in [3.8, 4) is 17.2 Å². The van der Waals surface area contributed by atoms with Crippen LogP contribution in [-0.4, -0.2) is 37.9 Å². The van der Waals surface area contributed by atoms with E-state index in [4.69, 9.17) is 18.6 Å². The van der Waals surface area contributed by atoms with Crippen molar-refractivity contribution in [1.29, 1.82) is 0 Å². The molecule has 1 aromatic heterocycles. The molecule has 0 spiro atoms. The lowest BCUT2D eigenvalue weighted by Gasteiger charge is -2.23. The summed E-state index contributed by atoms with van der Waals surface area (Å²) in [5.41, 5.74) is 0.902. The zero-order chi connectivity index (χ0) is 18.0. The van der Waals surface area contributed by atoms with E-state index < -0.39 is 0 Å². The Balaban J connectivity index is 1.90.